The number of fused-ring (bicyclic) bond motifs is 1. The lowest BCUT2D eigenvalue weighted by atomic mass is 10.1. The number of rotatable bonds is 3. The zero-order valence-electron chi connectivity index (χ0n) is 11.2. The van der Waals surface area contributed by atoms with Crippen molar-refractivity contribution in [3.05, 3.63) is 29.6 Å². The highest BCUT2D eigenvalue weighted by molar-refractivity contribution is 6.17. The molecule has 3 nitrogen and oxygen atoms in total. The van der Waals surface area contributed by atoms with E-state index in [1.165, 1.54) is 11.1 Å². The highest BCUT2D eigenvalue weighted by atomic mass is 35.5. The maximum Gasteiger partial charge on any atom is 0.111 e. The van der Waals surface area contributed by atoms with Crippen LogP contribution in [0.25, 0.3) is 11.0 Å². The Kier molecular flexibility index (Phi) is 3.76. The number of hydrogen-bond acceptors (Lipinski definition) is 2. The highest BCUT2D eigenvalue weighted by Crippen LogP contribution is 2.29. The van der Waals surface area contributed by atoms with Gasteiger partial charge in [-0.2, -0.15) is 0 Å². The molecule has 0 saturated carbocycles. The van der Waals surface area contributed by atoms with Crippen LogP contribution in [0, 0.1) is 6.92 Å². The molecule has 0 unspecified atom stereocenters. The highest BCUT2D eigenvalue weighted by Gasteiger charge is 2.21. The predicted molar refractivity (Wildman–Crippen MR) is 78.0 cm³/mol. The molecule has 0 atom stereocenters. The Morgan fingerprint density at radius 1 is 1.37 bits per heavy atom. The SMILES string of the molecule is Cc1cccc2c1nc(CCCl)n2C1CCOCC1. The first kappa shape index (κ1) is 12.9. The summed E-state index contributed by atoms with van der Waals surface area (Å²) >= 11 is 5.94. The van der Waals surface area contributed by atoms with Gasteiger partial charge in [-0.3, -0.25) is 0 Å². The van der Waals surface area contributed by atoms with Gasteiger partial charge in [-0.05, 0) is 31.4 Å². The summed E-state index contributed by atoms with van der Waals surface area (Å²) in [5, 5.41) is 0. The molecule has 2 heterocycles. The number of halogens is 1. The van der Waals surface area contributed by atoms with Crippen molar-refractivity contribution in [3.8, 4) is 0 Å². The molecule has 0 aliphatic carbocycles. The summed E-state index contributed by atoms with van der Waals surface area (Å²) in [5.74, 6) is 1.73. The van der Waals surface area contributed by atoms with Crippen molar-refractivity contribution in [2.24, 2.45) is 0 Å². The number of aryl methyl sites for hydroxylation is 2. The van der Waals surface area contributed by atoms with E-state index in [0.717, 1.165) is 43.8 Å². The molecule has 0 N–H and O–H groups in total. The molecule has 4 heteroatoms. The molecule has 0 amide bonds. The Morgan fingerprint density at radius 2 is 2.16 bits per heavy atom. The normalized spacial score (nSPS) is 17.2. The number of imidazole rings is 1. The van der Waals surface area contributed by atoms with Gasteiger partial charge in [0.2, 0.25) is 0 Å². The summed E-state index contributed by atoms with van der Waals surface area (Å²) in [6.45, 7) is 3.81. The van der Waals surface area contributed by atoms with Gasteiger partial charge in [0.15, 0.2) is 0 Å². The molecular formula is C15H19ClN2O. The Bertz CT molecular complexity index is 573. The van der Waals surface area contributed by atoms with Crippen LogP contribution in [0.1, 0.15) is 30.3 Å². The molecule has 0 bridgehead atoms. The minimum atomic E-state index is 0.499. The molecule has 0 radical (unpaired) electrons. The second-order valence-corrected chi connectivity index (χ2v) is 5.50. The molecule has 1 saturated heterocycles. The third kappa shape index (κ3) is 2.37. The van der Waals surface area contributed by atoms with E-state index in [0.29, 0.717) is 11.9 Å². The van der Waals surface area contributed by atoms with Crippen molar-refractivity contribution < 1.29 is 4.74 Å². The largest absolute Gasteiger partial charge is 0.381 e. The number of aromatic nitrogens is 2. The molecule has 19 heavy (non-hydrogen) atoms. The van der Waals surface area contributed by atoms with Crippen molar-refractivity contribution in [1.82, 2.24) is 9.55 Å². The Hall–Kier alpha value is -1.06. The molecule has 1 fully saturated rings. The number of hydrogen-bond donors (Lipinski definition) is 0. The lowest BCUT2D eigenvalue weighted by Crippen LogP contribution is -2.21. The van der Waals surface area contributed by atoms with Crippen LogP contribution in [0.15, 0.2) is 18.2 Å². The molecule has 1 aliphatic rings. The number of benzene rings is 1. The van der Waals surface area contributed by atoms with Crippen LogP contribution < -0.4 is 0 Å². The summed E-state index contributed by atoms with van der Waals surface area (Å²) in [4.78, 5) is 4.81. The molecule has 0 spiro atoms. The van der Waals surface area contributed by atoms with Gasteiger partial charge in [0.25, 0.3) is 0 Å². The first-order valence-electron chi connectivity index (χ1n) is 6.91. The van der Waals surface area contributed by atoms with Gasteiger partial charge in [0.1, 0.15) is 5.82 Å². The smallest absolute Gasteiger partial charge is 0.111 e. The number of para-hydroxylation sites is 1. The van der Waals surface area contributed by atoms with Gasteiger partial charge in [-0.1, -0.05) is 12.1 Å². The third-order valence-electron chi connectivity index (χ3n) is 3.87. The van der Waals surface area contributed by atoms with Crippen LogP contribution in [0.5, 0.6) is 0 Å². The molecule has 3 rings (SSSR count). The fourth-order valence-electron chi connectivity index (χ4n) is 2.92. The second kappa shape index (κ2) is 5.51. The molecule has 1 aliphatic heterocycles. The number of alkyl halides is 1. The molecular weight excluding hydrogens is 260 g/mol. The summed E-state index contributed by atoms with van der Waals surface area (Å²) in [6, 6.07) is 6.90. The average molecular weight is 279 g/mol. The Morgan fingerprint density at radius 3 is 2.89 bits per heavy atom. The zero-order valence-corrected chi connectivity index (χ0v) is 12.0. The second-order valence-electron chi connectivity index (χ2n) is 5.12. The predicted octanol–water partition coefficient (Wildman–Crippen LogP) is 3.48. The van der Waals surface area contributed by atoms with Gasteiger partial charge in [-0.15, -0.1) is 11.6 Å². The lowest BCUT2D eigenvalue weighted by molar-refractivity contribution is 0.0699. The van der Waals surface area contributed by atoms with Crippen molar-refractivity contribution in [3.63, 3.8) is 0 Å². The summed E-state index contributed by atoms with van der Waals surface area (Å²) in [6.07, 6.45) is 2.95. The van der Waals surface area contributed by atoms with E-state index in [9.17, 15) is 0 Å². The number of ether oxygens (including phenoxy) is 1. The van der Waals surface area contributed by atoms with E-state index in [-0.39, 0.29) is 0 Å². The molecule has 1 aromatic heterocycles. The Balaban J connectivity index is 2.13. The van der Waals surface area contributed by atoms with Crippen LogP contribution in [-0.4, -0.2) is 28.6 Å². The topological polar surface area (TPSA) is 27.1 Å². The van der Waals surface area contributed by atoms with E-state index < -0.39 is 0 Å². The first-order chi connectivity index (χ1) is 9.31. The van der Waals surface area contributed by atoms with E-state index in [2.05, 4.69) is 29.7 Å². The summed E-state index contributed by atoms with van der Waals surface area (Å²) in [7, 11) is 0. The van der Waals surface area contributed by atoms with Crippen LogP contribution in [-0.2, 0) is 11.2 Å². The summed E-state index contributed by atoms with van der Waals surface area (Å²) in [5.41, 5.74) is 3.60. The maximum atomic E-state index is 5.94. The van der Waals surface area contributed by atoms with Crippen molar-refractivity contribution in [1.29, 1.82) is 0 Å². The fourth-order valence-corrected chi connectivity index (χ4v) is 3.09. The van der Waals surface area contributed by atoms with Crippen LogP contribution in [0.4, 0.5) is 0 Å². The van der Waals surface area contributed by atoms with E-state index >= 15 is 0 Å². The van der Waals surface area contributed by atoms with Gasteiger partial charge in [0.05, 0.1) is 11.0 Å². The van der Waals surface area contributed by atoms with Crippen molar-refractivity contribution in [2.75, 3.05) is 19.1 Å². The molecule has 102 valence electrons. The molecule has 1 aromatic carbocycles. The van der Waals surface area contributed by atoms with Gasteiger partial charge in [-0.25, -0.2) is 4.98 Å². The van der Waals surface area contributed by atoms with Crippen LogP contribution in [0.2, 0.25) is 0 Å². The van der Waals surface area contributed by atoms with Crippen molar-refractivity contribution in [2.45, 2.75) is 32.2 Å². The maximum absolute atomic E-state index is 5.94. The van der Waals surface area contributed by atoms with E-state index in [1.807, 2.05) is 0 Å². The fraction of sp³-hybridized carbons (Fsp3) is 0.533. The lowest BCUT2D eigenvalue weighted by Gasteiger charge is -2.25. The van der Waals surface area contributed by atoms with Gasteiger partial charge >= 0.3 is 0 Å². The van der Waals surface area contributed by atoms with E-state index in [4.69, 9.17) is 21.3 Å². The van der Waals surface area contributed by atoms with E-state index in [1.54, 1.807) is 0 Å². The minimum absolute atomic E-state index is 0.499. The van der Waals surface area contributed by atoms with Gasteiger partial charge in [0, 0.05) is 31.6 Å². The van der Waals surface area contributed by atoms with Crippen LogP contribution >= 0.6 is 11.6 Å². The van der Waals surface area contributed by atoms with Crippen molar-refractivity contribution >= 4 is 22.6 Å². The first-order valence-corrected chi connectivity index (χ1v) is 7.45. The van der Waals surface area contributed by atoms with Gasteiger partial charge < -0.3 is 9.30 Å². The average Bonchev–Trinajstić information content (AvgIpc) is 2.80. The minimum Gasteiger partial charge on any atom is -0.381 e. The standard InChI is InChI=1S/C15H19ClN2O/c1-11-3-2-4-13-15(11)17-14(5-8-16)18(13)12-6-9-19-10-7-12/h2-4,12H,5-10H2,1H3. The summed E-state index contributed by atoms with van der Waals surface area (Å²) < 4.78 is 7.87. The monoisotopic (exact) mass is 278 g/mol. The Labute approximate surface area is 118 Å². The quantitative estimate of drug-likeness (QED) is 0.804. The number of nitrogens with zero attached hydrogens (tertiary/aromatic N) is 2. The van der Waals surface area contributed by atoms with Crippen LogP contribution in [0.3, 0.4) is 0 Å². The molecule has 2 aromatic rings. The third-order valence-corrected chi connectivity index (χ3v) is 4.06. The zero-order chi connectivity index (χ0) is 13.2.